The lowest BCUT2D eigenvalue weighted by Gasteiger charge is -2.18. The zero-order valence-electron chi connectivity index (χ0n) is 11.4. The third kappa shape index (κ3) is 4.66. The average Bonchev–Trinajstić information content (AvgIpc) is 2.43. The van der Waals surface area contributed by atoms with Crippen molar-refractivity contribution < 1.29 is 27.9 Å². The highest BCUT2D eigenvalue weighted by Gasteiger charge is 2.34. The Morgan fingerprint density at radius 1 is 1.41 bits per heavy atom. The van der Waals surface area contributed by atoms with Gasteiger partial charge in [-0.05, 0) is 18.2 Å². The summed E-state index contributed by atoms with van der Waals surface area (Å²) in [6.45, 7) is -0.0937. The number of anilines is 1. The van der Waals surface area contributed by atoms with E-state index in [1.807, 2.05) is 0 Å². The molecule has 0 aliphatic carbocycles. The van der Waals surface area contributed by atoms with E-state index in [9.17, 15) is 22.8 Å². The summed E-state index contributed by atoms with van der Waals surface area (Å²) in [6, 6.07) is 3.45. The van der Waals surface area contributed by atoms with E-state index in [4.69, 9.17) is 10.4 Å². The third-order valence-electron chi connectivity index (χ3n) is 2.70. The highest BCUT2D eigenvalue weighted by atomic mass is 19.4. The summed E-state index contributed by atoms with van der Waals surface area (Å²) in [4.78, 5) is 23.1. The van der Waals surface area contributed by atoms with Crippen molar-refractivity contribution in [3.8, 4) is 6.07 Å². The zero-order chi connectivity index (χ0) is 16.9. The van der Waals surface area contributed by atoms with Crippen LogP contribution in [0.5, 0.6) is 0 Å². The Balaban J connectivity index is 2.89. The number of nitrogens with zero attached hydrogens (tertiary/aromatic N) is 2. The summed E-state index contributed by atoms with van der Waals surface area (Å²) in [7, 11) is 1.31. The Morgan fingerprint density at radius 2 is 2.05 bits per heavy atom. The topological polar surface area (TPSA) is 93.4 Å². The van der Waals surface area contributed by atoms with Crippen molar-refractivity contribution in [3.05, 3.63) is 29.3 Å². The molecule has 0 aliphatic rings. The molecule has 2 amide bonds. The number of carbonyl (C=O) groups is 2. The lowest BCUT2D eigenvalue weighted by molar-refractivity contribution is -0.138. The first-order valence-electron chi connectivity index (χ1n) is 6.00. The molecule has 22 heavy (non-hydrogen) atoms. The number of nitriles is 1. The van der Waals surface area contributed by atoms with Crippen LogP contribution in [-0.4, -0.2) is 35.6 Å². The molecule has 9 heteroatoms. The summed E-state index contributed by atoms with van der Waals surface area (Å²) < 4.78 is 38.3. The van der Waals surface area contributed by atoms with Gasteiger partial charge in [-0.15, -0.1) is 0 Å². The standard InChI is InChI=1S/C13H12F3N3O3/c1-19(5-4-11(20)21)12(22)18-9-3-2-8(7-17)10(6-9)13(14,15)16/h2-3,6H,4-5H2,1H3,(H,18,22)(H,20,21). The molecule has 2 N–H and O–H groups in total. The number of urea groups is 1. The predicted octanol–water partition coefficient (Wildman–Crippen LogP) is 2.52. The minimum Gasteiger partial charge on any atom is -0.481 e. The highest BCUT2D eigenvalue weighted by Crippen LogP contribution is 2.33. The number of nitrogens with one attached hydrogen (secondary N) is 1. The van der Waals surface area contributed by atoms with Gasteiger partial charge in [-0.25, -0.2) is 4.79 Å². The maximum Gasteiger partial charge on any atom is 0.417 e. The molecular weight excluding hydrogens is 303 g/mol. The second-order valence-corrected chi connectivity index (χ2v) is 4.37. The van der Waals surface area contributed by atoms with Crippen LogP contribution in [0.15, 0.2) is 18.2 Å². The first-order chi connectivity index (χ1) is 10.1. The van der Waals surface area contributed by atoms with Crippen LogP contribution in [0.2, 0.25) is 0 Å². The number of alkyl halides is 3. The summed E-state index contributed by atoms with van der Waals surface area (Å²) >= 11 is 0. The Hall–Kier alpha value is -2.76. The van der Waals surface area contributed by atoms with Crippen molar-refractivity contribution in [2.75, 3.05) is 18.9 Å². The summed E-state index contributed by atoms with van der Waals surface area (Å²) in [5.74, 6) is -1.10. The molecule has 1 aromatic rings. The molecule has 0 aliphatic heterocycles. The van der Waals surface area contributed by atoms with Crippen LogP contribution in [0.4, 0.5) is 23.7 Å². The van der Waals surface area contributed by atoms with Gasteiger partial charge in [0, 0.05) is 19.3 Å². The summed E-state index contributed by atoms with van der Waals surface area (Å²) in [6.07, 6.45) is -5.01. The molecule has 0 atom stereocenters. The van der Waals surface area contributed by atoms with Crippen LogP contribution in [0.25, 0.3) is 0 Å². The van der Waals surface area contributed by atoms with Crippen LogP contribution in [0, 0.1) is 11.3 Å². The van der Waals surface area contributed by atoms with Crippen molar-refractivity contribution in [1.29, 1.82) is 5.26 Å². The normalized spacial score (nSPS) is 10.7. The number of amides is 2. The van der Waals surface area contributed by atoms with E-state index in [0.717, 1.165) is 17.0 Å². The van der Waals surface area contributed by atoms with Crippen LogP contribution in [0.1, 0.15) is 17.5 Å². The Morgan fingerprint density at radius 3 is 2.55 bits per heavy atom. The lowest BCUT2D eigenvalue weighted by atomic mass is 10.1. The van der Waals surface area contributed by atoms with E-state index >= 15 is 0 Å². The fraction of sp³-hybridized carbons (Fsp3) is 0.308. The van der Waals surface area contributed by atoms with Gasteiger partial charge in [0.1, 0.15) is 0 Å². The maximum atomic E-state index is 12.8. The van der Waals surface area contributed by atoms with Gasteiger partial charge in [0.05, 0.1) is 23.6 Å². The molecule has 0 radical (unpaired) electrons. The van der Waals surface area contributed by atoms with Gasteiger partial charge in [0.25, 0.3) is 0 Å². The van der Waals surface area contributed by atoms with Crippen molar-refractivity contribution >= 4 is 17.7 Å². The quantitative estimate of drug-likeness (QED) is 0.892. The number of carboxylic acids is 1. The smallest absolute Gasteiger partial charge is 0.417 e. The van der Waals surface area contributed by atoms with Crippen molar-refractivity contribution in [2.45, 2.75) is 12.6 Å². The molecule has 0 fully saturated rings. The number of carboxylic acid groups (broad SMARTS) is 1. The van der Waals surface area contributed by atoms with Gasteiger partial charge in [-0.2, -0.15) is 18.4 Å². The number of benzene rings is 1. The zero-order valence-corrected chi connectivity index (χ0v) is 11.4. The fourth-order valence-corrected chi connectivity index (χ4v) is 1.54. The van der Waals surface area contributed by atoms with Crippen LogP contribution >= 0.6 is 0 Å². The molecule has 0 saturated heterocycles. The molecular formula is C13H12F3N3O3. The molecule has 0 aromatic heterocycles. The van der Waals surface area contributed by atoms with E-state index < -0.39 is 29.3 Å². The highest BCUT2D eigenvalue weighted by molar-refractivity contribution is 5.89. The number of rotatable bonds is 4. The molecule has 1 aromatic carbocycles. The van der Waals surface area contributed by atoms with E-state index in [1.54, 1.807) is 0 Å². The number of aliphatic carboxylic acids is 1. The average molecular weight is 315 g/mol. The lowest BCUT2D eigenvalue weighted by Crippen LogP contribution is -2.33. The first-order valence-corrected chi connectivity index (χ1v) is 6.00. The summed E-state index contributed by atoms with van der Waals surface area (Å²) in [5, 5.41) is 19.4. The Kier molecular flexibility index (Phi) is 5.34. The van der Waals surface area contributed by atoms with Crippen LogP contribution in [-0.2, 0) is 11.0 Å². The van der Waals surface area contributed by atoms with Gasteiger partial charge in [0.15, 0.2) is 0 Å². The second kappa shape index (κ2) is 6.80. The molecule has 0 saturated carbocycles. The predicted molar refractivity (Wildman–Crippen MR) is 70.1 cm³/mol. The van der Waals surface area contributed by atoms with Crippen molar-refractivity contribution in [2.24, 2.45) is 0 Å². The largest absolute Gasteiger partial charge is 0.481 e. The van der Waals surface area contributed by atoms with Gasteiger partial charge in [0.2, 0.25) is 0 Å². The van der Waals surface area contributed by atoms with Gasteiger partial charge >= 0.3 is 18.2 Å². The SMILES string of the molecule is CN(CCC(=O)O)C(=O)Nc1ccc(C#N)c(C(F)(F)F)c1. The molecule has 1 rings (SSSR count). The molecule has 118 valence electrons. The minimum atomic E-state index is -4.72. The van der Waals surface area contributed by atoms with Gasteiger partial charge in [-0.1, -0.05) is 0 Å². The number of hydrogen-bond donors (Lipinski definition) is 2. The Labute approximate surface area is 123 Å². The molecule has 0 bridgehead atoms. The second-order valence-electron chi connectivity index (χ2n) is 4.37. The van der Waals surface area contributed by atoms with Crippen molar-refractivity contribution in [3.63, 3.8) is 0 Å². The minimum absolute atomic E-state index is 0.0937. The number of carbonyl (C=O) groups excluding carboxylic acids is 1. The first kappa shape index (κ1) is 17.3. The number of halogens is 3. The fourth-order valence-electron chi connectivity index (χ4n) is 1.54. The summed E-state index contributed by atoms with van der Waals surface area (Å²) in [5.41, 5.74) is -1.84. The monoisotopic (exact) mass is 315 g/mol. The van der Waals surface area contributed by atoms with E-state index in [1.165, 1.54) is 13.1 Å². The van der Waals surface area contributed by atoms with E-state index in [0.29, 0.717) is 6.07 Å². The molecule has 0 spiro atoms. The number of hydrogen-bond acceptors (Lipinski definition) is 3. The maximum absolute atomic E-state index is 12.8. The molecule has 0 heterocycles. The van der Waals surface area contributed by atoms with Crippen LogP contribution < -0.4 is 5.32 Å². The van der Waals surface area contributed by atoms with Crippen molar-refractivity contribution in [1.82, 2.24) is 4.90 Å². The molecule has 0 unspecified atom stereocenters. The third-order valence-corrected chi connectivity index (χ3v) is 2.70. The van der Waals surface area contributed by atoms with E-state index in [-0.39, 0.29) is 18.7 Å². The van der Waals surface area contributed by atoms with E-state index in [2.05, 4.69) is 5.32 Å². The van der Waals surface area contributed by atoms with Gasteiger partial charge in [-0.3, -0.25) is 4.79 Å². The van der Waals surface area contributed by atoms with Crippen LogP contribution in [0.3, 0.4) is 0 Å². The molecule has 6 nitrogen and oxygen atoms in total. The van der Waals surface area contributed by atoms with Gasteiger partial charge < -0.3 is 15.3 Å². The Bertz CT molecular complexity index is 623.